The van der Waals surface area contributed by atoms with Gasteiger partial charge >= 0.3 is 0 Å². The highest BCUT2D eigenvalue weighted by molar-refractivity contribution is 7.05. The van der Waals surface area contributed by atoms with Crippen molar-refractivity contribution in [3.05, 3.63) is 10.6 Å². The molecule has 0 radical (unpaired) electrons. The molecule has 0 aliphatic heterocycles. The van der Waals surface area contributed by atoms with E-state index < -0.39 is 0 Å². The maximum absolute atomic E-state index is 4.45. The summed E-state index contributed by atoms with van der Waals surface area (Å²) in [5.41, 5.74) is 1.26. The summed E-state index contributed by atoms with van der Waals surface area (Å²) in [6.07, 6.45) is 4.00. The Morgan fingerprint density at radius 2 is 1.95 bits per heavy atom. The number of hydrogen-bond acceptors (Lipinski definition) is 4. The van der Waals surface area contributed by atoms with Gasteiger partial charge in [0.25, 0.3) is 0 Å². The average Bonchev–Trinajstić information content (AvgIpc) is 2.88. The van der Waals surface area contributed by atoms with Gasteiger partial charge in [0, 0.05) is 11.5 Å². The second kappa shape index (κ2) is 6.74. The van der Waals surface area contributed by atoms with Gasteiger partial charge in [-0.25, -0.2) is 0 Å². The molecule has 4 heteroatoms. The first kappa shape index (κ1) is 16.9. The normalized spacial score (nSPS) is 28.6. The molecule has 4 unspecified atom stereocenters. The lowest BCUT2D eigenvalue weighted by molar-refractivity contribution is 0.172. The predicted octanol–water partition coefficient (Wildman–Crippen LogP) is 4.56. The van der Waals surface area contributed by atoms with E-state index in [1.54, 1.807) is 11.5 Å². The van der Waals surface area contributed by atoms with Crippen LogP contribution in [0.15, 0.2) is 0 Å². The summed E-state index contributed by atoms with van der Waals surface area (Å²) >= 11 is 1.60. The highest BCUT2D eigenvalue weighted by Gasteiger charge is 2.35. The Hall–Kier alpha value is -0.480. The van der Waals surface area contributed by atoms with Gasteiger partial charge in [-0.3, -0.25) is 0 Å². The Kier molecular flexibility index (Phi) is 5.42. The van der Waals surface area contributed by atoms with Gasteiger partial charge in [0.15, 0.2) is 0 Å². The molecular formula is C17H31N3S. The molecule has 1 aromatic heterocycles. The summed E-state index contributed by atoms with van der Waals surface area (Å²) in [7, 11) is 0. The molecule has 0 amide bonds. The van der Waals surface area contributed by atoms with Crippen molar-refractivity contribution in [2.75, 3.05) is 6.54 Å². The molecule has 1 saturated carbocycles. The standard InChI is InChI=1S/C17H31N3S/c1-7-18-14(13-9-8-11(2)12(3)10-13)15-16(17(4,5)6)19-20-21-15/h11-14,18H,7-10H2,1-6H3. The second-order valence-corrected chi connectivity index (χ2v) is 8.58. The van der Waals surface area contributed by atoms with Crippen LogP contribution in [0.3, 0.4) is 0 Å². The largest absolute Gasteiger partial charge is 0.309 e. The molecule has 1 heterocycles. The first-order chi connectivity index (χ1) is 9.84. The van der Waals surface area contributed by atoms with Gasteiger partial charge in [0.1, 0.15) is 0 Å². The molecule has 1 aliphatic carbocycles. The van der Waals surface area contributed by atoms with Gasteiger partial charge in [-0.2, -0.15) is 0 Å². The third-order valence-corrected chi connectivity index (χ3v) is 5.85. The summed E-state index contributed by atoms with van der Waals surface area (Å²) in [5, 5.41) is 8.18. The third-order valence-electron chi connectivity index (χ3n) is 5.04. The number of aromatic nitrogens is 2. The number of rotatable bonds is 4. The van der Waals surface area contributed by atoms with Crippen molar-refractivity contribution in [1.82, 2.24) is 14.9 Å². The molecule has 1 N–H and O–H groups in total. The fraction of sp³-hybridized carbons (Fsp3) is 0.882. The Morgan fingerprint density at radius 3 is 2.52 bits per heavy atom. The molecule has 0 saturated heterocycles. The lowest BCUT2D eigenvalue weighted by Gasteiger charge is -2.37. The van der Waals surface area contributed by atoms with Crippen molar-refractivity contribution in [1.29, 1.82) is 0 Å². The Balaban J connectivity index is 2.25. The van der Waals surface area contributed by atoms with E-state index in [9.17, 15) is 0 Å². The van der Waals surface area contributed by atoms with Gasteiger partial charge in [0.2, 0.25) is 0 Å². The lowest BCUT2D eigenvalue weighted by Crippen LogP contribution is -2.34. The van der Waals surface area contributed by atoms with E-state index in [-0.39, 0.29) is 5.41 Å². The SMILES string of the molecule is CCNC(c1snnc1C(C)(C)C)C1CCC(C)C(C)C1. The van der Waals surface area contributed by atoms with Crippen molar-refractivity contribution in [3.8, 4) is 0 Å². The molecule has 120 valence electrons. The topological polar surface area (TPSA) is 37.8 Å². The van der Waals surface area contributed by atoms with E-state index in [1.165, 1.54) is 29.8 Å². The third kappa shape index (κ3) is 3.84. The number of nitrogens with one attached hydrogen (secondary N) is 1. The van der Waals surface area contributed by atoms with Crippen LogP contribution in [0.4, 0.5) is 0 Å². The molecule has 3 nitrogen and oxygen atoms in total. The maximum Gasteiger partial charge on any atom is 0.0857 e. The molecule has 4 atom stereocenters. The van der Waals surface area contributed by atoms with Crippen molar-refractivity contribution in [2.45, 2.75) is 72.3 Å². The molecule has 1 aliphatic rings. The zero-order chi connectivity index (χ0) is 15.6. The zero-order valence-corrected chi connectivity index (χ0v) is 15.3. The molecule has 0 aromatic carbocycles. The first-order valence-electron chi connectivity index (χ1n) is 8.40. The first-order valence-corrected chi connectivity index (χ1v) is 9.18. The van der Waals surface area contributed by atoms with Crippen LogP contribution in [0.1, 0.15) is 77.4 Å². The van der Waals surface area contributed by atoms with Crippen LogP contribution < -0.4 is 5.32 Å². The van der Waals surface area contributed by atoms with Crippen LogP contribution in [0.5, 0.6) is 0 Å². The van der Waals surface area contributed by atoms with Gasteiger partial charge in [-0.15, -0.1) is 5.10 Å². The van der Waals surface area contributed by atoms with Crippen LogP contribution in [0.2, 0.25) is 0 Å². The summed E-state index contributed by atoms with van der Waals surface area (Å²) in [4.78, 5) is 1.37. The van der Waals surface area contributed by atoms with E-state index >= 15 is 0 Å². The van der Waals surface area contributed by atoms with Crippen LogP contribution in [-0.2, 0) is 5.41 Å². The minimum atomic E-state index is 0.0730. The van der Waals surface area contributed by atoms with Crippen molar-refractivity contribution < 1.29 is 0 Å². The van der Waals surface area contributed by atoms with E-state index in [0.717, 1.165) is 24.3 Å². The van der Waals surface area contributed by atoms with Crippen LogP contribution >= 0.6 is 11.5 Å². The Bertz CT molecular complexity index is 449. The summed E-state index contributed by atoms with van der Waals surface area (Å²) < 4.78 is 4.27. The Morgan fingerprint density at radius 1 is 1.24 bits per heavy atom. The fourth-order valence-corrected chi connectivity index (χ4v) is 4.54. The molecule has 1 fully saturated rings. The van der Waals surface area contributed by atoms with E-state index in [1.807, 2.05) is 0 Å². The van der Waals surface area contributed by atoms with Gasteiger partial charge in [-0.05, 0) is 48.7 Å². The molecule has 1 aromatic rings. The van der Waals surface area contributed by atoms with Crippen molar-refractivity contribution >= 4 is 11.5 Å². The zero-order valence-electron chi connectivity index (χ0n) is 14.4. The Labute approximate surface area is 134 Å². The van der Waals surface area contributed by atoms with Crippen molar-refractivity contribution in [2.24, 2.45) is 17.8 Å². The monoisotopic (exact) mass is 309 g/mol. The molecule has 0 bridgehead atoms. The van der Waals surface area contributed by atoms with Gasteiger partial charge < -0.3 is 5.32 Å². The van der Waals surface area contributed by atoms with E-state index in [4.69, 9.17) is 0 Å². The number of hydrogen-bond donors (Lipinski definition) is 1. The van der Waals surface area contributed by atoms with Gasteiger partial charge in [0.05, 0.1) is 10.6 Å². The quantitative estimate of drug-likeness (QED) is 0.886. The number of nitrogens with zero attached hydrogens (tertiary/aromatic N) is 2. The van der Waals surface area contributed by atoms with E-state index in [2.05, 4.69) is 56.4 Å². The van der Waals surface area contributed by atoms with Crippen LogP contribution in [0.25, 0.3) is 0 Å². The van der Waals surface area contributed by atoms with Crippen LogP contribution in [0, 0.1) is 17.8 Å². The van der Waals surface area contributed by atoms with Gasteiger partial charge in [-0.1, -0.05) is 52.5 Å². The predicted molar refractivity (Wildman–Crippen MR) is 90.7 cm³/mol. The maximum atomic E-state index is 4.45. The smallest absolute Gasteiger partial charge is 0.0857 e. The minimum absolute atomic E-state index is 0.0730. The molecule has 2 rings (SSSR count). The second-order valence-electron chi connectivity index (χ2n) is 7.80. The highest BCUT2D eigenvalue weighted by atomic mass is 32.1. The molecule has 0 spiro atoms. The average molecular weight is 310 g/mol. The van der Waals surface area contributed by atoms with Crippen LogP contribution in [-0.4, -0.2) is 16.1 Å². The minimum Gasteiger partial charge on any atom is -0.309 e. The van der Waals surface area contributed by atoms with Crippen molar-refractivity contribution in [3.63, 3.8) is 0 Å². The molecular weight excluding hydrogens is 278 g/mol. The van der Waals surface area contributed by atoms with E-state index in [0.29, 0.717) is 6.04 Å². The summed E-state index contributed by atoms with van der Waals surface area (Å²) in [6, 6.07) is 0.430. The summed E-state index contributed by atoms with van der Waals surface area (Å²) in [5.74, 6) is 2.41. The fourth-order valence-electron chi connectivity index (χ4n) is 3.51. The lowest BCUT2D eigenvalue weighted by atomic mass is 9.72. The highest BCUT2D eigenvalue weighted by Crippen LogP contribution is 2.42. The summed E-state index contributed by atoms with van der Waals surface area (Å²) in [6.45, 7) is 14.7. The molecule has 21 heavy (non-hydrogen) atoms.